The van der Waals surface area contributed by atoms with E-state index in [-0.39, 0.29) is 0 Å². The fourth-order valence-corrected chi connectivity index (χ4v) is 2.88. The highest BCUT2D eigenvalue weighted by atomic mass is 79.9. The highest BCUT2D eigenvalue weighted by molar-refractivity contribution is 9.10. The van der Waals surface area contributed by atoms with Crippen molar-refractivity contribution in [3.05, 3.63) is 49.9 Å². The third kappa shape index (κ3) is 2.73. The molecule has 3 nitrogen and oxygen atoms in total. The van der Waals surface area contributed by atoms with Crippen LogP contribution >= 0.6 is 27.3 Å². The highest BCUT2D eigenvalue weighted by Crippen LogP contribution is 2.24. The molecule has 0 amide bonds. The maximum atomic E-state index is 10.9. The van der Waals surface area contributed by atoms with Crippen molar-refractivity contribution in [3.8, 4) is 0 Å². The van der Waals surface area contributed by atoms with E-state index < -0.39 is 5.97 Å². The number of thiazole rings is 1. The van der Waals surface area contributed by atoms with Crippen molar-refractivity contribution in [2.24, 2.45) is 0 Å². The van der Waals surface area contributed by atoms with Crippen LogP contribution in [0.15, 0.2) is 28.7 Å². The molecule has 2 aromatic rings. The minimum atomic E-state index is -0.904. The van der Waals surface area contributed by atoms with Gasteiger partial charge in [0, 0.05) is 10.9 Å². The molecular formula is C12H10BrNO2S. The molecule has 17 heavy (non-hydrogen) atoms. The molecule has 5 heteroatoms. The van der Waals surface area contributed by atoms with Gasteiger partial charge in [0.05, 0.1) is 10.7 Å². The summed E-state index contributed by atoms with van der Waals surface area (Å²) in [6, 6.07) is 7.87. The summed E-state index contributed by atoms with van der Waals surface area (Å²) in [6.45, 7) is 1.73. The van der Waals surface area contributed by atoms with Crippen molar-refractivity contribution in [2.45, 2.75) is 13.3 Å². The number of benzene rings is 1. The summed E-state index contributed by atoms with van der Waals surface area (Å²) in [6.07, 6.45) is 0.653. The van der Waals surface area contributed by atoms with Gasteiger partial charge in [-0.2, -0.15) is 0 Å². The van der Waals surface area contributed by atoms with Crippen LogP contribution in [0.2, 0.25) is 0 Å². The van der Waals surface area contributed by atoms with E-state index in [9.17, 15) is 4.79 Å². The first-order valence-electron chi connectivity index (χ1n) is 5.01. The fraction of sp³-hybridized carbons (Fsp3) is 0.167. The molecule has 2 rings (SSSR count). The van der Waals surface area contributed by atoms with E-state index in [1.54, 1.807) is 6.92 Å². The molecule has 1 N–H and O–H groups in total. The average Bonchev–Trinajstić information content (AvgIpc) is 2.63. The number of hydrogen-bond acceptors (Lipinski definition) is 3. The summed E-state index contributed by atoms with van der Waals surface area (Å²) in [7, 11) is 0. The van der Waals surface area contributed by atoms with Crippen LogP contribution in [-0.2, 0) is 6.42 Å². The molecule has 1 aromatic carbocycles. The second kappa shape index (κ2) is 4.98. The molecule has 0 fully saturated rings. The number of aromatic carboxylic acids is 1. The lowest BCUT2D eigenvalue weighted by atomic mass is 10.2. The topological polar surface area (TPSA) is 50.2 Å². The highest BCUT2D eigenvalue weighted by Gasteiger charge is 2.14. The first-order chi connectivity index (χ1) is 8.08. The summed E-state index contributed by atoms with van der Waals surface area (Å²) in [5, 5.41) is 9.79. The van der Waals surface area contributed by atoms with Crippen molar-refractivity contribution >= 4 is 33.2 Å². The lowest BCUT2D eigenvalue weighted by Gasteiger charge is -2.00. The predicted molar refractivity (Wildman–Crippen MR) is 70.8 cm³/mol. The van der Waals surface area contributed by atoms with Crippen molar-refractivity contribution in [1.29, 1.82) is 0 Å². The van der Waals surface area contributed by atoms with Crippen LogP contribution < -0.4 is 0 Å². The van der Waals surface area contributed by atoms with Crippen molar-refractivity contribution < 1.29 is 9.90 Å². The summed E-state index contributed by atoms with van der Waals surface area (Å²) in [5.74, 6) is -0.904. The van der Waals surface area contributed by atoms with Gasteiger partial charge in [0.25, 0.3) is 0 Å². The Hall–Kier alpha value is -1.20. The molecule has 1 aromatic heterocycles. The Morgan fingerprint density at radius 3 is 2.76 bits per heavy atom. The summed E-state index contributed by atoms with van der Waals surface area (Å²) in [4.78, 5) is 15.5. The number of aryl methyl sites for hydroxylation is 1. The van der Waals surface area contributed by atoms with Crippen LogP contribution in [0.4, 0.5) is 0 Å². The first kappa shape index (κ1) is 12.3. The van der Waals surface area contributed by atoms with E-state index in [1.807, 2.05) is 24.3 Å². The van der Waals surface area contributed by atoms with E-state index >= 15 is 0 Å². The minimum absolute atomic E-state index is 0.326. The predicted octanol–water partition coefficient (Wildman–Crippen LogP) is 3.50. The number of carbonyl (C=O) groups is 1. The molecule has 0 aliphatic carbocycles. The zero-order chi connectivity index (χ0) is 12.4. The molecule has 1 heterocycles. The van der Waals surface area contributed by atoms with Crippen LogP contribution in [0.3, 0.4) is 0 Å². The van der Waals surface area contributed by atoms with Crippen molar-refractivity contribution in [3.63, 3.8) is 0 Å². The van der Waals surface area contributed by atoms with Gasteiger partial charge in [-0.1, -0.05) is 34.1 Å². The van der Waals surface area contributed by atoms with Gasteiger partial charge in [-0.25, -0.2) is 9.78 Å². The molecule has 0 aliphatic heterocycles. The van der Waals surface area contributed by atoms with Gasteiger partial charge in [0.1, 0.15) is 4.88 Å². The molecule has 0 unspecified atom stereocenters. The normalized spacial score (nSPS) is 10.5. The van der Waals surface area contributed by atoms with Crippen LogP contribution in [0.1, 0.15) is 25.9 Å². The van der Waals surface area contributed by atoms with Crippen LogP contribution in [0.25, 0.3) is 0 Å². The molecule has 0 radical (unpaired) electrons. The van der Waals surface area contributed by atoms with Gasteiger partial charge in [-0.3, -0.25) is 0 Å². The second-order valence-electron chi connectivity index (χ2n) is 3.60. The number of carboxylic acid groups (broad SMARTS) is 1. The molecular weight excluding hydrogens is 302 g/mol. The Morgan fingerprint density at radius 1 is 1.47 bits per heavy atom. The number of rotatable bonds is 3. The molecule has 0 atom stereocenters. The fourth-order valence-electron chi connectivity index (χ4n) is 1.53. The Labute approximate surface area is 111 Å². The van der Waals surface area contributed by atoms with Gasteiger partial charge in [-0.05, 0) is 18.6 Å². The van der Waals surface area contributed by atoms with Gasteiger partial charge < -0.3 is 5.11 Å². The lowest BCUT2D eigenvalue weighted by molar-refractivity contribution is 0.0701. The third-order valence-electron chi connectivity index (χ3n) is 2.33. The van der Waals surface area contributed by atoms with Gasteiger partial charge in [0.15, 0.2) is 0 Å². The van der Waals surface area contributed by atoms with Crippen molar-refractivity contribution in [1.82, 2.24) is 4.98 Å². The quantitative estimate of drug-likeness (QED) is 0.943. The Bertz CT molecular complexity index is 565. The van der Waals surface area contributed by atoms with E-state index in [0.29, 0.717) is 17.0 Å². The maximum absolute atomic E-state index is 10.9. The molecule has 0 saturated carbocycles. The summed E-state index contributed by atoms with van der Waals surface area (Å²) >= 11 is 4.71. The SMILES string of the molecule is Cc1nc(Cc2ccccc2Br)sc1C(=O)O. The lowest BCUT2D eigenvalue weighted by Crippen LogP contribution is -1.94. The largest absolute Gasteiger partial charge is 0.477 e. The zero-order valence-electron chi connectivity index (χ0n) is 9.11. The molecule has 0 saturated heterocycles. The molecule has 0 aliphatic rings. The first-order valence-corrected chi connectivity index (χ1v) is 6.62. The summed E-state index contributed by atoms with van der Waals surface area (Å²) in [5.41, 5.74) is 1.70. The third-order valence-corrected chi connectivity index (χ3v) is 4.25. The van der Waals surface area contributed by atoms with Gasteiger partial charge >= 0.3 is 5.97 Å². The second-order valence-corrected chi connectivity index (χ2v) is 5.53. The summed E-state index contributed by atoms with van der Waals surface area (Å²) < 4.78 is 1.02. The van der Waals surface area contributed by atoms with Crippen molar-refractivity contribution in [2.75, 3.05) is 0 Å². The smallest absolute Gasteiger partial charge is 0.347 e. The van der Waals surface area contributed by atoms with E-state index in [4.69, 9.17) is 5.11 Å². The van der Waals surface area contributed by atoms with E-state index in [0.717, 1.165) is 15.0 Å². The number of aromatic nitrogens is 1. The molecule has 0 bridgehead atoms. The van der Waals surface area contributed by atoms with Gasteiger partial charge in [0.2, 0.25) is 0 Å². The van der Waals surface area contributed by atoms with Crippen LogP contribution in [0.5, 0.6) is 0 Å². The monoisotopic (exact) mass is 311 g/mol. The van der Waals surface area contributed by atoms with Crippen LogP contribution in [-0.4, -0.2) is 16.1 Å². The number of nitrogens with zero attached hydrogens (tertiary/aromatic N) is 1. The Kier molecular flexibility index (Phi) is 3.59. The van der Waals surface area contributed by atoms with E-state index in [2.05, 4.69) is 20.9 Å². The van der Waals surface area contributed by atoms with E-state index in [1.165, 1.54) is 11.3 Å². The molecule has 0 spiro atoms. The molecule has 88 valence electrons. The average molecular weight is 312 g/mol. The van der Waals surface area contributed by atoms with Gasteiger partial charge in [-0.15, -0.1) is 11.3 Å². The van der Waals surface area contributed by atoms with Crippen LogP contribution in [0, 0.1) is 6.92 Å². The maximum Gasteiger partial charge on any atom is 0.347 e. The Morgan fingerprint density at radius 2 is 2.18 bits per heavy atom. The number of hydrogen-bond donors (Lipinski definition) is 1. The number of carboxylic acids is 1. The minimum Gasteiger partial charge on any atom is -0.477 e. The standard InChI is InChI=1S/C12H10BrNO2S/c1-7-11(12(15)16)17-10(14-7)6-8-4-2-3-5-9(8)13/h2-5H,6H2,1H3,(H,15,16). The Balaban J connectivity index is 2.28. The number of halogens is 1. The zero-order valence-corrected chi connectivity index (χ0v) is 11.5.